The van der Waals surface area contributed by atoms with Crippen molar-refractivity contribution >= 4 is 16.1 Å². The van der Waals surface area contributed by atoms with E-state index in [1.54, 1.807) is 0 Å². The molecule has 0 unspecified atom stereocenters. The number of aromatic nitrogens is 1. The molecule has 22 heavy (non-hydrogen) atoms. The molecule has 0 spiro atoms. The average molecular weight is 329 g/mol. The van der Waals surface area contributed by atoms with E-state index in [-0.39, 0.29) is 11.6 Å². The van der Waals surface area contributed by atoms with E-state index < -0.39 is 16.1 Å². The Balaban J connectivity index is 2.10. The summed E-state index contributed by atoms with van der Waals surface area (Å²) in [6, 6.07) is 0. The summed E-state index contributed by atoms with van der Waals surface area (Å²) < 4.78 is 33.4. The van der Waals surface area contributed by atoms with Crippen molar-refractivity contribution < 1.29 is 17.6 Å². The highest BCUT2D eigenvalue weighted by Gasteiger charge is 2.28. The second kappa shape index (κ2) is 7.23. The Hall–Kier alpha value is -1.41. The summed E-state index contributed by atoms with van der Waals surface area (Å²) in [4.78, 5) is 16.0. The molecular weight excluding hydrogens is 306 g/mol. The van der Waals surface area contributed by atoms with Crippen LogP contribution in [0, 0.1) is 0 Å². The lowest BCUT2D eigenvalue weighted by atomic mass is 10.1. The lowest BCUT2D eigenvalue weighted by molar-refractivity contribution is 0.0972. The van der Waals surface area contributed by atoms with Crippen molar-refractivity contribution in [2.45, 2.75) is 51.9 Å². The minimum absolute atomic E-state index is 0.0330. The van der Waals surface area contributed by atoms with Crippen LogP contribution in [0.3, 0.4) is 0 Å². The predicted molar refractivity (Wildman–Crippen MR) is 81.6 cm³/mol. The Labute approximate surface area is 131 Å². The molecule has 7 nitrogen and oxygen atoms in total. The zero-order valence-electron chi connectivity index (χ0n) is 13.0. The first-order chi connectivity index (χ1) is 10.4. The molecule has 1 saturated heterocycles. The van der Waals surface area contributed by atoms with Crippen molar-refractivity contribution in [1.29, 1.82) is 0 Å². The second-order valence-corrected chi connectivity index (χ2v) is 7.49. The highest BCUT2D eigenvalue weighted by molar-refractivity contribution is 7.87. The standard InChI is InChI=1S/C14H23N3O4S/c1-11(2)13-12(15-10-21-13)14(18)16-22(19,20)17-8-6-4-3-5-7-9-17/h10-11H,3-9H2,1-2H3,(H,16,18). The molecule has 1 N–H and O–H groups in total. The van der Waals surface area contributed by atoms with Crippen LogP contribution in [-0.4, -0.2) is 36.7 Å². The van der Waals surface area contributed by atoms with Gasteiger partial charge in [-0.3, -0.25) is 4.79 Å². The molecular formula is C14H23N3O4S. The molecule has 0 aliphatic carbocycles. The van der Waals surface area contributed by atoms with Gasteiger partial charge in [0.15, 0.2) is 12.1 Å². The Morgan fingerprint density at radius 1 is 1.23 bits per heavy atom. The van der Waals surface area contributed by atoms with Gasteiger partial charge < -0.3 is 4.42 Å². The molecule has 0 radical (unpaired) electrons. The average Bonchev–Trinajstić information content (AvgIpc) is 2.86. The van der Waals surface area contributed by atoms with Gasteiger partial charge in [-0.05, 0) is 12.8 Å². The number of carbonyl (C=O) groups is 1. The molecule has 1 fully saturated rings. The fourth-order valence-corrected chi connectivity index (χ4v) is 3.72. The number of hydrogen-bond donors (Lipinski definition) is 1. The highest BCUT2D eigenvalue weighted by atomic mass is 32.2. The molecule has 1 aromatic heterocycles. The molecule has 124 valence electrons. The topological polar surface area (TPSA) is 92.5 Å². The SMILES string of the molecule is CC(C)c1ocnc1C(=O)NS(=O)(=O)N1CCCCCCC1. The Morgan fingerprint density at radius 2 is 1.82 bits per heavy atom. The first-order valence-corrected chi connectivity index (χ1v) is 9.11. The zero-order chi connectivity index (χ0) is 16.2. The molecule has 1 aliphatic heterocycles. The first-order valence-electron chi connectivity index (χ1n) is 7.67. The van der Waals surface area contributed by atoms with Crippen LogP contribution in [-0.2, 0) is 10.2 Å². The lowest BCUT2D eigenvalue weighted by Gasteiger charge is -2.23. The molecule has 0 saturated carbocycles. The minimum Gasteiger partial charge on any atom is -0.447 e. The highest BCUT2D eigenvalue weighted by Crippen LogP contribution is 2.19. The molecule has 1 aromatic rings. The number of hydrogen-bond acceptors (Lipinski definition) is 5. The third-order valence-corrected chi connectivity index (χ3v) is 5.20. The normalized spacial score (nSPS) is 18.0. The summed E-state index contributed by atoms with van der Waals surface area (Å²) in [6.07, 6.45) is 5.96. The van der Waals surface area contributed by atoms with E-state index >= 15 is 0 Å². The smallest absolute Gasteiger partial charge is 0.304 e. The van der Waals surface area contributed by atoms with E-state index in [2.05, 4.69) is 9.71 Å². The fourth-order valence-electron chi connectivity index (χ4n) is 2.52. The molecule has 0 atom stereocenters. The van der Waals surface area contributed by atoms with Gasteiger partial charge in [0, 0.05) is 19.0 Å². The van der Waals surface area contributed by atoms with Crippen LogP contribution in [0.5, 0.6) is 0 Å². The first kappa shape index (κ1) is 17.0. The van der Waals surface area contributed by atoms with Crippen LogP contribution in [0.1, 0.15) is 68.1 Å². The van der Waals surface area contributed by atoms with Crippen molar-refractivity contribution in [3.8, 4) is 0 Å². The molecule has 2 rings (SSSR count). The predicted octanol–water partition coefficient (Wildman–Crippen LogP) is 2.04. The molecule has 1 amide bonds. The van der Waals surface area contributed by atoms with Crippen LogP contribution in [0.4, 0.5) is 0 Å². The quantitative estimate of drug-likeness (QED) is 0.912. The van der Waals surface area contributed by atoms with Crippen molar-refractivity contribution in [1.82, 2.24) is 14.0 Å². The molecule has 2 heterocycles. The van der Waals surface area contributed by atoms with Gasteiger partial charge in [0.2, 0.25) is 0 Å². The van der Waals surface area contributed by atoms with Gasteiger partial charge in [-0.1, -0.05) is 33.1 Å². The Kier molecular flexibility index (Phi) is 5.57. The van der Waals surface area contributed by atoms with Crippen LogP contribution >= 0.6 is 0 Å². The van der Waals surface area contributed by atoms with Crippen LogP contribution in [0.15, 0.2) is 10.8 Å². The van der Waals surface area contributed by atoms with Gasteiger partial charge in [-0.15, -0.1) is 0 Å². The number of nitrogens with one attached hydrogen (secondary N) is 1. The van der Waals surface area contributed by atoms with Crippen molar-refractivity contribution in [2.75, 3.05) is 13.1 Å². The number of carbonyl (C=O) groups excluding carboxylic acids is 1. The van der Waals surface area contributed by atoms with Crippen LogP contribution < -0.4 is 4.72 Å². The number of amides is 1. The summed E-state index contributed by atoms with van der Waals surface area (Å²) in [7, 11) is -3.84. The summed E-state index contributed by atoms with van der Waals surface area (Å²) in [5.41, 5.74) is 0.0330. The molecule has 1 aliphatic rings. The van der Waals surface area contributed by atoms with E-state index in [1.165, 1.54) is 4.31 Å². The summed E-state index contributed by atoms with van der Waals surface area (Å²) in [6.45, 7) is 4.59. The Bertz CT molecular complexity index is 601. The van der Waals surface area contributed by atoms with Gasteiger partial charge in [-0.2, -0.15) is 12.7 Å². The maximum atomic E-state index is 12.4. The van der Waals surface area contributed by atoms with Crippen LogP contribution in [0.25, 0.3) is 0 Å². The summed E-state index contributed by atoms with van der Waals surface area (Å²) in [5, 5.41) is 0. The van der Waals surface area contributed by atoms with Gasteiger partial charge in [0.25, 0.3) is 5.91 Å². The largest absolute Gasteiger partial charge is 0.447 e. The van der Waals surface area contributed by atoms with E-state index in [0.717, 1.165) is 38.5 Å². The van der Waals surface area contributed by atoms with Gasteiger partial charge >= 0.3 is 10.2 Å². The second-order valence-electron chi connectivity index (χ2n) is 5.82. The molecule has 0 bridgehead atoms. The fraction of sp³-hybridized carbons (Fsp3) is 0.714. The summed E-state index contributed by atoms with van der Waals surface area (Å²) in [5.74, 6) is -0.396. The van der Waals surface area contributed by atoms with E-state index in [4.69, 9.17) is 4.42 Å². The van der Waals surface area contributed by atoms with Crippen molar-refractivity contribution in [3.05, 3.63) is 17.8 Å². The zero-order valence-corrected chi connectivity index (χ0v) is 13.9. The number of rotatable bonds is 4. The third kappa shape index (κ3) is 4.07. The van der Waals surface area contributed by atoms with E-state index in [9.17, 15) is 13.2 Å². The van der Waals surface area contributed by atoms with Gasteiger partial charge in [-0.25, -0.2) is 9.71 Å². The van der Waals surface area contributed by atoms with Crippen LogP contribution in [0.2, 0.25) is 0 Å². The van der Waals surface area contributed by atoms with E-state index in [1.807, 2.05) is 13.8 Å². The lowest BCUT2D eigenvalue weighted by Crippen LogP contribution is -2.45. The maximum absolute atomic E-state index is 12.4. The monoisotopic (exact) mass is 329 g/mol. The Morgan fingerprint density at radius 3 is 2.41 bits per heavy atom. The maximum Gasteiger partial charge on any atom is 0.304 e. The van der Waals surface area contributed by atoms with Gasteiger partial charge in [0.05, 0.1) is 0 Å². The third-order valence-electron chi connectivity index (χ3n) is 3.71. The van der Waals surface area contributed by atoms with Crippen molar-refractivity contribution in [3.63, 3.8) is 0 Å². The number of oxazole rings is 1. The van der Waals surface area contributed by atoms with E-state index in [0.29, 0.717) is 18.8 Å². The number of nitrogens with zero attached hydrogens (tertiary/aromatic N) is 2. The molecule has 8 heteroatoms. The minimum atomic E-state index is -3.84. The molecule has 0 aromatic carbocycles. The van der Waals surface area contributed by atoms with Crippen molar-refractivity contribution in [2.24, 2.45) is 0 Å². The van der Waals surface area contributed by atoms with Gasteiger partial charge in [0.1, 0.15) is 5.76 Å². The summed E-state index contributed by atoms with van der Waals surface area (Å²) >= 11 is 0.